The van der Waals surface area contributed by atoms with Crippen LogP contribution in [0.1, 0.15) is 123 Å². The number of carbonyl (C=O) groups is 1. The van der Waals surface area contributed by atoms with Crippen molar-refractivity contribution < 1.29 is 17.4 Å². The van der Waals surface area contributed by atoms with E-state index in [-0.39, 0.29) is 12.2 Å². The van der Waals surface area contributed by atoms with Gasteiger partial charge in [-0.25, -0.2) is 0 Å². The van der Waals surface area contributed by atoms with Gasteiger partial charge < -0.3 is 4.18 Å². The zero-order valence-corrected chi connectivity index (χ0v) is 18.1. The molecule has 0 aliphatic rings. The molecule has 0 saturated carbocycles. The quantitative estimate of drug-likeness (QED) is 0.186. The fourth-order valence-electron chi connectivity index (χ4n) is 3.07. The molecule has 0 N–H and O–H groups in total. The number of hydrogen-bond donors (Lipinski definition) is 0. The summed E-state index contributed by atoms with van der Waals surface area (Å²) in [6.07, 6.45) is 20.2. The Morgan fingerprint density at radius 3 is 1.31 bits per heavy atom. The van der Waals surface area contributed by atoms with Crippen LogP contribution in [-0.4, -0.2) is 20.1 Å². The first-order chi connectivity index (χ1) is 12.5. The average molecular weight is 391 g/mol. The molecule has 0 rings (SSSR count). The van der Waals surface area contributed by atoms with Gasteiger partial charge >= 0.3 is 16.1 Å². The van der Waals surface area contributed by atoms with Gasteiger partial charge in [-0.3, -0.25) is 4.79 Å². The topological polar surface area (TPSA) is 60.4 Å². The van der Waals surface area contributed by atoms with E-state index < -0.39 is 16.1 Å². The zero-order chi connectivity index (χ0) is 19.5. The second-order valence-electron chi connectivity index (χ2n) is 7.37. The molecule has 0 aromatic heterocycles. The number of unbranched alkanes of at least 4 members (excludes halogenated alkanes) is 15. The summed E-state index contributed by atoms with van der Waals surface area (Å²) in [4.78, 5) is 11.0. The molecule has 0 amide bonds. The van der Waals surface area contributed by atoms with Gasteiger partial charge in [-0.1, -0.05) is 110 Å². The molecule has 0 aromatic carbocycles. The van der Waals surface area contributed by atoms with Crippen LogP contribution < -0.4 is 0 Å². The summed E-state index contributed by atoms with van der Waals surface area (Å²) in [6, 6.07) is 0. The van der Waals surface area contributed by atoms with Gasteiger partial charge in [0.15, 0.2) is 0 Å². The van der Waals surface area contributed by atoms with Gasteiger partial charge in [0.1, 0.15) is 0 Å². The van der Waals surface area contributed by atoms with E-state index >= 15 is 0 Å². The molecule has 156 valence electrons. The molecule has 4 nitrogen and oxygen atoms in total. The van der Waals surface area contributed by atoms with Crippen molar-refractivity contribution in [2.45, 2.75) is 123 Å². The molecule has 0 atom stereocenters. The van der Waals surface area contributed by atoms with E-state index in [1.54, 1.807) is 6.92 Å². The molecule has 0 aliphatic carbocycles. The molecule has 0 radical (unpaired) electrons. The summed E-state index contributed by atoms with van der Waals surface area (Å²) in [6.45, 7) is 3.85. The molecule has 5 heteroatoms. The summed E-state index contributed by atoms with van der Waals surface area (Å²) < 4.78 is 27.5. The van der Waals surface area contributed by atoms with Crippen LogP contribution in [0.15, 0.2) is 0 Å². The summed E-state index contributed by atoms with van der Waals surface area (Å²) in [5, 5.41) is 0. The minimum absolute atomic E-state index is 0.0445. The molecule has 0 aromatic rings. The molecule has 0 spiro atoms. The van der Waals surface area contributed by atoms with Crippen molar-refractivity contribution in [3.8, 4) is 0 Å². The maximum Gasteiger partial charge on any atom is 0.321 e. The Kier molecular flexibility index (Phi) is 17.4. The summed E-state index contributed by atoms with van der Waals surface area (Å²) in [5.41, 5.74) is 0. The van der Waals surface area contributed by atoms with Crippen molar-refractivity contribution in [3.05, 3.63) is 0 Å². The highest BCUT2D eigenvalue weighted by Crippen LogP contribution is 2.14. The summed E-state index contributed by atoms with van der Waals surface area (Å²) in [5.74, 6) is -0.710. The maximum atomic E-state index is 11.5. The minimum Gasteiger partial charge on any atom is -0.346 e. The van der Waals surface area contributed by atoms with Gasteiger partial charge in [0.25, 0.3) is 0 Å². The highest BCUT2D eigenvalue weighted by Gasteiger charge is 2.14. The van der Waals surface area contributed by atoms with Crippen LogP contribution >= 0.6 is 0 Å². The Balaban J connectivity index is 3.26. The van der Waals surface area contributed by atoms with Crippen LogP contribution in [0.2, 0.25) is 0 Å². The molecule has 0 bridgehead atoms. The molecule has 0 saturated heterocycles. The van der Waals surface area contributed by atoms with E-state index in [4.69, 9.17) is 0 Å². The van der Waals surface area contributed by atoms with E-state index in [9.17, 15) is 13.2 Å². The van der Waals surface area contributed by atoms with Crippen LogP contribution in [0.4, 0.5) is 0 Å². The molecule has 0 fully saturated rings. The number of rotatable bonds is 19. The highest BCUT2D eigenvalue weighted by molar-refractivity contribution is 7.87. The molecule has 26 heavy (non-hydrogen) atoms. The fourth-order valence-corrected chi connectivity index (χ4v) is 4.11. The minimum atomic E-state index is -3.66. The lowest BCUT2D eigenvalue weighted by Crippen LogP contribution is -2.15. The Morgan fingerprint density at radius 1 is 0.615 bits per heavy atom. The lowest BCUT2D eigenvalue weighted by molar-refractivity contribution is -0.133. The van der Waals surface area contributed by atoms with Gasteiger partial charge in [-0.15, -0.1) is 0 Å². The Labute approximate surface area is 162 Å². The fraction of sp³-hybridized carbons (Fsp3) is 0.952. The van der Waals surface area contributed by atoms with Crippen LogP contribution in [-0.2, 0) is 19.1 Å². The van der Waals surface area contributed by atoms with E-state index in [0.29, 0.717) is 6.42 Å². The zero-order valence-electron chi connectivity index (χ0n) is 17.3. The average Bonchev–Trinajstić information content (AvgIpc) is 2.60. The highest BCUT2D eigenvalue weighted by atomic mass is 32.2. The monoisotopic (exact) mass is 390 g/mol. The Bertz CT molecular complexity index is 418. The van der Waals surface area contributed by atoms with Crippen molar-refractivity contribution in [1.29, 1.82) is 0 Å². The molecular formula is C21H42O4S. The standard InChI is InChI=1S/C21H42O4S/c1-3-5-6-7-8-9-10-11-12-13-14-15-16-17-18-19-20-26(23,24)25-21(22)4-2/h3-20H2,1-2H3. The third-order valence-corrected chi connectivity index (χ3v) is 5.98. The predicted octanol–water partition coefficient (Wildman–Crippen LogP) is 6.53. The van der Waals surface area contributed by atoms with Crippen LogP contribution in [0.5, 0.6) is 0 Å². The smallest absolute Gasteiger partial charge is 0.321 e. The number of hydrogen-bond acceptors (Lipinski definition) is 4. The lowest BCUT2D eigenvalue weighted by Gasteiger charge is -2.05. The second-order valence-corrected chi connectivity index (χ2v) is 9.06. The van der Waals surface area contributed by atoms with Crippen molar-refractivity contribution in [2.75, 3.05) is 5.75 Å². The van der Waals surface area contributed by atoms with Crippen molar-refractivity contribution >= 4 is 16.1 Å². The van der Waals surface area contributed by atoms with Gasteiger partial charge in [0, 0.05) is 6.42 Å². The molecule has 0 heterocycles. The van der Waals surface area contributed by atoms with E-state index in [1.807, 2.05) is 0 Å². The van der Waals surface area contributed by atoms with Gasteiger partial charge in [0.05, 0.1) is 5.75 Å². The third kappa shape index (κ3) is 18.2. The Morgan fingerprint density at radius 2 is 0.962 bits per heavy atom. The normalized spacial score (nSPS) is 11.6. The second kappa shape index (κ2) is 17.8. The first-order valence-corrected chi connectivity index (χ1v) is 12.5. The number of carbonyl (C=O) groups excluding carboxylic acids is 1. The molecule has 0 unspecified atom stereocenters. The summed E-state index contributed by atoms with van der Waals surface area (Å²) >= 11 is 0. The largest absolute Gasteiger partial charge is 0.346 e. The van der Waals surface area contributed by atoms with Gasteiger partial charge in [-0.2, -0.15) is 8.42 Å². The van der Waals surface area contributed by atoms with Gasteiger partial charge in [0.2, 0.25) is 0 Å². The van der Waals surface area contributed by atoms with Crippen molar-refractivity contribution in [1.82, 2.24) is 0 Å². The van der Waals surface area contributed by atoms with Crippen LogP contribution in [0.3, 0.4) is 0 Å². The van der Waals surface area contributed by atoms with E-state index in [1.165, 1.54) is 83.5 Å². The van der Waals surface area contributed by atoms with Crippen molar-refractivity contribution in [3.63, 3.8) is 0 Å². The maximum absolute atomic E-state index is 11.5. The molecular weight excluding hydrogens is 348 g/mol. The predicted molar refractivity (Wildman–Crippen MR) is 110 cm³/mol. The SMILES string of the molecule is CCCCCCCCCCCCCCCCCCS(=O)(=O)OC(=O)CC. The summed E-state index contributed by atoms with van der Waals surface area (Å²) in [7, 11) is -3.66. The van der Waals surface area contributed by atoms with Crippen LogP contribution in [0.25, 0.3) is 0 Å². The first-order valence-electron chi connectivity index (χ1n) is 11.0. The van der Waals surface area contributed by atoms with Gasteiger partial charge in [-0.05, 0) is 6.42 Å². The van der Waals surface area contributed by atoms with Crippen molar-refractivity contribution in [2.24, 2.45) is 0 Å². The molecule has 0 aliphatic heterocycles. The first kappa shape index (κ1) is 25.4. The van der Waals surface area contributed by atoms with Crippen LogP contribution in [0, 0.1) is 0 Å². The van der Waals surface area contributed by atoms with E-state index in [0.717, 1.165) is 12.8 Å². The Hall–Kier alpha value is -0.580. The third-order valence-electron chi connectivity index (χ3n) is 4.76. The lowest BCUT2D eigenvalue weighted by atomic mass is 10.0. The van der Waals surface area contributed by atoms with E-state index in [2.05, 4.69) is 11.1 Å².